The second-order valence-corrected chi connectivity index (χ2v) is 5.91. The summed E-state index contributed by atoms with van der Waals surface area (Å²) in [7, 11) is 0. The molecule has 1 aliphatic heterocycles. The summed E-state index contributed by atoms with van der Waals surface area (Å²) >= 11 is 0. The third-order valence-corrected chi connectivity index (χ3v) is 4.32. The Morgan fingerprint density at radius 1 is 1.20 bits per heavy atom. The summed E-state index contributed by atoms with van der Waals surface area (Å²) < 4.78 is 11.9. The lowest BCUT2D eigenvalue weighted by molar-refractivity contribution is -0.129. The Bertz CT molecular complexity index is 759. The van der Waals surface area contributed by atoms with Crippen molar-refractivity contribution in [1.29, 1.82) is 0 Å². The molecule has 25 heavy (non-hydrogen) atoms. The van der Waals surface area contributed by atoms with Crippen LogP contribution in [0.15, 0.2) is 53.6 Å². The van der Waals surface area contributed by atoms with E-state index in [1.165, 1.54) is 0 Å². The number of hydrogen-bond acceptors (Lipinski definition) is 4. The molecule has 0 saturated carbocycles. The molecule has 0 amide bonds. The molecule has 6 nitrogen and oxygen atoms in total. The average Bonchev–Trinajstić information content (AvgIpc) is 2.65. The van der Waals surface area contributed by atoms with Crippen molar-refractivity contribution in [2.45, 2.75) is 19.6 Å². The first-order valence-electron chi connectivity index (χ1n) is 8.51. The zero-order valence-electron chi connectivity index (χ0n) is 14.3. The van der Waals surface area contributed by atoms with E-state index in [4.69, 9.17) is 15.0 Å². The quantitative estimate of drug-likeness (QED) is 0.448. The summed E-state index contributed by atoms with van der Waals surface area (Å²) in [6.07, 6.45) is 0.373. The molecule has 1 unspecified atom stereocenters. The highest BCUT2D eigenvalue weighted by molar-refractivity contribution is 5.49. The fraction of sp³-hybridized carbons (Fsp3) is 0.368. The maximum absolute atomic E-state index is 8.74. The summed E-state index contributed by atoms with van der Waals surface area (Å²) in [4.78, 5) is 5.22. The molecule has 0 aromatic heterocycles. The minimum atomic E-state index is -0.262. The van der Waals surface area contributed by atoms with Gasteiger partial charge in [0.05, 0.1) is 13.2 Å². The molecule has 1 saturated heterocycles. The van der Waals surface area contributed by atoms with E-state index in [1.54, 1.807) is 0 Å². The van der Waals surface area contributed by atoms with Crippen molar-refractivity contribution in [1.82, 2.24) is 4.90 Å². The zero-order chi connectivity index (χ0) is 17.5. The summed E-state index contributed by atoms with van der Waals surface area (Å²) in [6.45, 7) is 5.52. The highest BCUT2D eigenvalue weighted by atomic mass is 16.7. The van der Waals surface area contributed by atoms with Gasteiger partial charge in [-0.3, -0.25) is 4.90 Å². The van der Waals surface area contributed by atoms with Crippen molar-refractivity contribution in [3.05, 3.63) is 70.1 Å². The molecule has 1 fully saturated rings. The van der Waals surface area contributed by atoms with Gasteiger partial charge in [0.2, 0.25) is 6.29 Å². The molecule has 1 aliphatic rings. The highest BCUT2D eigenvalue weighted by Gasteiger charge is 2.21. The van der Waals surface area contributed by atoms with Crippen LogP contribution in [0, 0.1) is 0 Å². The molecular weight excluding hydrogens is 316 g/mol. The zero-order valence-corrected chi connectivity index (χ0v) is 14.3. The lowest BCUT2D eigenvalue weighted by atomic mass is 10.0. The van der Waals surface area contributed by atoms with Gasteiger partial charge in [0.25, 0.3) is 0 Å². The fourth-order valence-electron chi connectivity index (χ4n) is 2.94. The third-order valence-electron chi connectivity index (χ3n) is 4.32. The molecule has 2 aromatic carbocycles. The molecule has 0 bridgehead atoms. The van der Waals surface area contributed by atoms with E-state index in [0.717, 1.165) is 36.5 Å². The van der Waals surface area contributed by atoms with Crippen LogP contribution in [0.2, 0.25) is 0 Å². The molecule has 6 heteroatoms. The number of azide groups is 1. The van der Waals surface area contributed by atoms with Crippen LogP contribution in [0.3, 0.4) is 0 Å². The molecule has 0 radical (unpaired) electrons. The molecule has 0 spiro atoms. The van der Waals surface area contributed by atoms with Gasteiger partial charge in [-0.1, -0.05) is 54.5 Å². The van der Waals surface area contributed by atoms with Crippen molar-refractivity contribution >= 4 is 5.69 Å². The summed E-state index contributed by atoms with van der Waals surface area (Å²) in [5.74, 6) is 0.807. The van der Waals surface area contributed by atoms with Crippen LogP contribution >= 0.6 is 0 Å². The van der Waals surface area contributed by atoms with Crippen molar-refractivity contribution in [3.63, 3.8) is 0 Å². The van der Waals surface area contributed by atoms with E-state index in [9.17, 15) is 0 Å². The largest absolute Gasteiger partial charge is 0.463 e. The summed E-state index contributed by atoms with van der Waals surface area (Å²) in [5, 5.41) is 3.78. The minimum absolute atomic E-state index is 0.262. The second-order valence-electron chi connectivity index (χ2n) is 5.91. The Labute approximate surface area is 147 Å². The molecule has 1 heterocycles. The van der Waals surface area contributed by atoms with Crippen molar-refractivity contribution in [2.24, 2.45) is 5.11 Å². The highest BCUT2D eigenvalue weighted by Crippen LogP contribution is 2.28. The van der Waals surface area contributed by atoms with Gasteiger partial charge in [0.1, 0.15) is 5.75 Å². The van der Waals surface area contributed by atoms with Crippen LogP contribution in [-0.4, -0.2) is 37.4 Å². The number of para-hydroxylation sites is 1. The Morgan fingerprint density at radius 3 is 2.76 bits per heavy atom. The molecule has 0 N–H and O–H groups in total. The second kappa shape index (κ2) is 8.53. The van der Waals surface area contributed by atoms with Gasteiger partial charge in [0, 0.05) is 23.6 Å². The van der Waals surface area contributed by atoms with Crippen LogP contribution in [0.5, 0.6) is 5.75 Å². The standard InChI is InChI=1S/C19H22N4O2/c1-2-23-11-12-24-19(14-23)25-18-10-6-4-8-16(18)13-15-7-3-5-9-17(15)21-22-20/h3-10,19H,2,11-14H2,1H3. The topological polar surface area (TPSA) is 70.5 Å². The Morgan fingerprint density at radius 2 is 1.96 bits per heavy atom. The smallest absolute Gasteiger partial charge is 0.212 e. The van der Waals surface area contributed by atoms with E-state index in [1.807, 2.05) is 48.5 Å². The van der Waals surface area contributed by atoms with E-state index in [0.29, 0.717) is 18.7 Å². The van der Waals surface area contributed by atoms with Crippen molar-refractivity contribution in [3.8, 4) is 5.75 Å². The molecule has 1 atom stereocenters. The lowest BCUT2D eigenvalue weighted by Crippen LogP contribution is -2.44. The number of benzene rings is 2. The predicted molar refractivity (Wildman–Crippen MR) is 97.0 cm³/mol. The summed E-state index contributed by atoms with van der Waals surface area (Å²) in [5.41, 5.74) is 11.4. The molecular formula is C19H22N4O2. The van der Waals surface area contributed by atoms with Gasteiger partial charge in [-0.05, 0) is 29.3 Å². The normalized spacial score (nSPS) is 17.7. The Balaban J connectivity index is 1.78. The van der Waals surface area contributed by atoms with Gasteiger partial charge < -0.3 is 9.47 Å². The number of hydrogen-bond donors (Lipinski definition) is 0. The molecule has 2 aromatic rings. The van der Waals surface area contributed by atoms with E-state index >= 15 is 0 Å². The first-order chi connectivity index (χ1) is 12.3. The lowest BCUT2D eigenvalue weighted by Gasteiger charge is -2.32. The molecule has 0 aliphatic carbocycles. The van der Waals surface area contributed by atoms with E-state index in [2.05, 4.69) is 21.8 Å². The Kier molecular flexibility index (Phi) is 5.90. The van der Waals surface area contributed by atoms with Crippen LogP contribution in [0.25, 0.3) is 10.4 Å². The van der Waals surface area contributed by atoms with Gasteiger partial charge in [-0.2, -0.15) is 0 Å². The minimum Gasteiger partial charge on any atom is -0.463 e. The number of likely N-dealkylation sites (N-methyl/N-ethyl adjacent to an activating group) is 1. The molecule has 130 valence electrons. The van der Waals surface area contributed by atoms with Gasteiger partial charge >= 0.3 is 0 Å². The van der Waals surface area contributed by atoms with E-state index in [-0.39, 0.29) is 6.29 Å². The number of morpholine rings is 1. The van der Waals surface area contributed by atoms with Crippen LogP contribution < -0.4 is 4.74 Å². The van der Waals surface area contributed by atoms with Crippen LogP contribution in [-0.2, 0) is 11.2 Å². The average molecular weight is 338 g/mol. The monoisotopic (exact) mass is 338 g/mol. The van der Waals surface area contributed by atoms with Gasteiger partial charge in [0.15, 0.2) is 0 Å². The molecule has 3 rings (SSSR count). The fourth-order valence-corrected chi connectivity index (χ4v) is 2.94. The van der Waals surface area contributed by atoms with E-state index < -0.39 is 0 Å². The van der Waals surface area contributed by atoms with Crippen LogP contribution in [0.1, 0.15) is 18.1 Å². The number of nitrogens with zero attached hydrogens (tertiary/aromatic N) is 4. The maximum Gasteiger partial charge on any atom is 0.212 e. The number of ether oxygens (including phenoxy) is 2. The first kappa shape index (κ1) is 17.3. The summed E-state index contributed by atoms with van der Waals surface area (Å²) in [6, 6.07) is 15.5. The van der Waals surface area contributed by atoms with Gasteiger partial charge in [-0.15, -0.1) is 0 Å². The maximum atomic E-state index is 8.74. The SMILES string of the molecule is CCN1CCOC(Oc2ccccc2Cc2ccccc2N=[N+]=[N-])C1. The predicted octanol–water partition coefficient (Wildman–Crippen LogP) is 4.28. The third kappa shape index (κ3) is 4.51. The van der Waals surface area contributed by atoms with Gasteiger partial charge in [-0.25, -0.2) is 0 Å². The van der Waals surface area contributed by atoms with Crippen molar-refractivity contribution in [2.75, 3.05) is 26.2 Å². The first-order valence-corrected chi connectivity index (χ1v) is 8.51. The van der Waals surface area contributed by atoms with Crippen LogP contribution in [0.4, 0.5) is 5.69 Å². The number of rotatable bonds is 6. The Hall–Kier alpha value is -2.53. The van der Waals surface area contributed by atoms with Crippen molar-refractivity contribution < 1.29 is 9.47 Å².